The van der Waals surface area contributed by atoms with Crippen LogP contribution in [0.3, 0.4) is 0 Å². The summed E-state index contributed by atoms with van der Waals surface area (Å²) in [5.74, 6) is 1.44. The quantitative estimate of drug-likeness (QED) is 0.160. The van der Waals surface area contributed by atoms with Gasteiger partial charge < -0.3 is 28.9 Å². The summed E-state index contributed by atoms with van der Waals surface area (Å²) >= 11 is 0. The summed E-state index contributed by atoms with van der Waals surface area (Å²) in [5.41, 5.74) is 5.84. The largest absolute Gasteiger partial charge is 0.480 e. The summed E-state index contributed by atoms with van der Waals surface area (Å²) in [6.07, 6.45) is 6.98. The van der Waals surface area contributed by atoms with Gasteiger partial charge in [-0.3, -0.25) is 33.9 Å². The molecule has 4 aromatic heterocycles. The first kappa shape index (κ1) is 68.7. The number of ether oxygens (including phenoxy) is 1. The second-order valence-corrected chi connectivity index (χ2v) is 16.3. The molecule has 0 N–H and O–H groups in total. The van der Waals surface area contributed by atoms with Crippen molar-refractivity contribution in [3.63, 3.8) is 0 Å². The highest BCUT2D eigenvalue weighted by Crippen LogP contribution is 2.22. The normalized spacial score (nSPS) is 9.56. The maximum atomic E-state index is 11.9. The molecule has 4 rings (SSSR count). The van der Waals surface area contributed by atoms with E-state index in [4.69, 9.17) is 4.74 Å². The minimum Gasteiger partial charge on any atom is -0.480 e. The molecule has 4 heterocycles. The van der Waals surface area contributed by atoms with Crippen LogP contribution in [-0.4, -0.2) is 126 Å². The molecule has 0 fully saturated rings. The lowest BCUT2D eigenvalue weighted by Gasteiger charge is -2.14. The third kappa shape index (κ3) is 24.2. The third-order valence-electron chi connectivity index (χ3n) is 9.03. The number of methoxy groups -OCH3 is 1. The van der Waals surface area contributed by atoms with Gasteiger partial charge in [-0.2, -0.15) is 0 Å². The highest BCUT2D eigenvalue weighted by molar-refractivity contribution is 5.96. The van der Waals surface area contributed by atoms with E-state index in [0.29, 0.717) is 46.5 Å². The zero-order valence-electron chi connectivity index (χ0n) is 47.1. The van der Waals surface area contributed by atoms with Crippen LogP contribution in [0.25, 0.3) is 0 Å². The monoisotopic (exact) mass is 949 g/mol. The van der Waals surface area contributed by atoms with E-state index in [1.165, 1.54) is 31.3 Å². The molecule has 0 saturated carbocycles. The highest BCUT2D eigenvalue weighted by Gasteiger charge is 2.18. The first-order chi connectivity index (χ1) is 31.8. The number of amides is 4. The number of aryl methyl sites for hydroxylation is 1. The van der Waals surface area contributed by atoms with Crippen LogP contribution in [0.5, 0.6) is 5.88 Å². The molecular weight excluding hydrogens is 857 g/mol. The number of nitrogens with zero attached hydrogens (tertiary/aromatic N) is 8. The minimum atomic E-state index is -0.247. The molecule has 0 spiro atoms. The summed E-state index contributed by atoms with van der Waals surface area (Å²) < 4.78 is 6.56. The fourth-order valence-electron chi connectivity index (χ4n) is 5.04. The number of pyridine rings is 4. The standard InChI is InChI=1S/2C12H18N2O2.2C11H16N2O.4C2H6/c1-8(2)9-6-10(12(15)14(3)4)11(16-5)13-7-9;1-8(2)9-6-10(11(15)13(3)4)12(16)14(5)7-9;1-8(2)9-5-6-12-10(7-9)11(14)13(3)4;1-8(2)9-5-6-10(12-7-9)11(14)13(3)4;4*1-2/h2*6-8H,1-5H3;2*5-8H,1-4H3;4*1-2H3. The van der Waals surface area contributed by atoms with E-state index in [0.717, 1.165) is 22.3 Å². The van der Waals surface area contributed by atoms with Crippen molar-refractivity contribution in [2.75, 3.05) is 63.5 Å². The molecule has 0 radical (unpaired) electrons. The van der Waals surface area contributed by atoms with Crippen LogP contribution in [0.1, 0.15) is 198 Å². The van der Waals surface area contributed by atoms with Gasteiger partial charge in [-0.15, -0.1) is 0 Å². The van der Waals surface area contributed by atoms with Crippen molar-refractivity contribution in [3.05, 3.63) is 116 Å². The first-order valence-electron chi connectivity index (χ1n) is 23.9. The van der Waals surface area contributed by atoms with Gasteiger partial charge in [0.2, 0.25) is 5.88 Å². The Bertz CT molecular complexity index is 2090. The number of carbonyl (C=O) groups is 4. The lowest BCUT2D eigenvalue weighted by molar-refractivity contribution is 0.0815. The van der Waals surface area contributed by atoms with Crippen molar-refractivity contribution in [1.82, 2.24) is 39.1 Å². The average Bonchev–Trinajstić information content (AvgIpc) is 3.34. The van der Waals surface area contributed by atoms with Crippen LogP contribution in [0.4, 0.5) is 0 Å². The van der Waals surface area contributed by atoms with Gasteiger partial charge in [-0.1, -0.05) is 117 Å². The minimum absolute atomic E-state index is 0.0486. The van der Waals surface area contributed by atoms with Gasteiger partial charge in [-0.25, -0.2) is 4.98 Å². The predicted octanol–water partition coefficient (Wildman–Crippen LogP) is 11.0. The molecule has 0 aromatic carbocycles. The Morgan fingerprint density at radius 2 is 0.882 bits per heavy atom. The molecule has 0 bridgehead atoms. The van der Waals surface area contributed by atoms with E-state index < -0.39 is 0 Å². The summed E-state index contributed by atoms with van der Waals surface area (Å²) in [5, 5.41) is 0. The van der Waals surface area contributed by atoms with Gasteiger partial charge in [0.15, 0.2) is 0 Å². The maximum Gasteiger partial charge on any atom is 0.271 e. The SMILES string of the molecule is CC.CC.CC.CC.CC(C)c1cc(C(=O)N(C)C)c(=O)n(C)c1.CC(C)c1ccc(C(=O)N(C)C)nc1.CC(C)c1ccnc(C(=O)N(C)C)c1.COc1ncc(C(C)C)cc1C(=O)N(C)C. The van der Waals surface area contributed by atoms with Gasteiger partial charge in [0.1, 0.15) is 22.5 Å². The zero-order valence-corrected chi connectivity index (χ0v) is 47.1. The van der Waals surface area contributed by atoms with E-state index in [-0.39, 0.29) is 34.8 Å². The Morgan fingerprint density at radius 1 is 0.485 bits per heavy atom. The molecule has 0 aliphatic rings. The fourth-order valence-corrected chi connectivity index (χ4v) is 5.04. The van der Waals surface area contributed by atoms with Crippen molar-refractivity contribution < 1.29 is 23.9 Å². The lowest BCUT2D eigenvalue weighted by Crippen LogP contribution is -2.31. The number of rotatable bonds is 9. The molecule has 14 heteroatoms. The molecule has 14 nitrogen and oxygen atoms in total. The van der Waals surface area contributed by atoms with E-state index in [9.17, 15) is 24.0 Å². The third-order valence-corrected chi connectivity index (χ3v) is 9.03. The predicted molar refractivity (Wildman–Crippen MR) is 285 cm³/mol. The Kier molecular flexibility index (Phi) is 37.5. The molecule has 0 aliphatic carbocycles. The first-order valence-corrected chi connectivity index (χ1v) is 23.9. The molecule has 0 atom stereocenters. The Hall–Kier alpha value is -5.92. The molecule has 0 saturated heterocycles. The Morgan fingerprint density at radius 3 is 1.26 bits per heavy atom. The van der Waals surface area contributed by atoms with Crippen LogP contribution >= 0.6 is 0 Å². The smallest absolute Gasteiger partial charge is 0.271 e. The lowest BCUT2D eigenvalue weighted by atomic mass is 10.0. The van der Waals surface area contributed by atoms with Gasteiger partial charge in [0.05, 0.1) is 7.11 Å². The second kappa shape index (κ2) is 37.1. The Labute approximate surface area is 412 Å². The van der Waals surface area contributed by atoms with Gasteiger partial charge in [0.25, 0.3) is 29.2 Å². The van der Waals surface area contributed by atoms with Gasteiger partial charge in [-0.05, 0) is 76.3 Å². The number of carbonyl (C=O) groups excluding carboxylic acids is 4. The van der Waals surface area contributed by atoms with E-state index in [1.807, 2.05) is 93.5 Å². The molecule has 0 aliphatic heterocycles. The highest BCUT2D eigenvalue weighted by atomic mass is 16.5. The van der Waals surface area contributed by atoms with Crippen molar-refractivity contribution in [2.24, 2.45) is 7.05 Å². The number of aromatic nitrogens is 4. The Balaban J connectivity index is -0.000000382. The van der Waals surface area contributed by atoms with E-state index in [1.54, 1.807) is 100 Å². The summed E-state index contributed by atoms with van der Waals surface area (Å²) in [4.78, 5) is 76.9. The fraction of sp³-hybridized carbons (Fsp3) is 0.556. The summed E-state index contributed by atoms with van der Waals surface area (Å²) in [6, 6.07) is 11.1. The zero-order chi connectivity index (χ0) is 54.2. The summed E-state index contributed by atoms with van der Waals surface area (Å²) in [6.45, 7) is 32.6. The summed E-state index contributed by atoms with van der Waals surface area (Å²) in [7, 11) is 16.8. The van der Waals surface area contributed by atoms with Gasteiger partial charge in [0, 0.05) is 88.2 Å². The topological polar surface area (TPSA) is 151 Å². The van der Waals surface area contributed by atoms with Crippen LogP contribution < -0.4 is 10.3 Å². The van der Waals surface area contributed by atoms with E-state index >= 15 is 0 Å². The number of hydrogen-bond acceptors (Lipinski definition) is 9. The van der Waals surface area contributed by atoms with Crippen molar-refractivity contribution in [2.45, 2.75) is 134 Å². The molecule has 4 aromatic rings. The van der Waals surface area contributed by atoms with Crippen molar-refractivity contribution in [1.29, 1.82) is 0 Å². The molecule has 384 valence electrons. The van der Waals surface area contributed by atoms with Crippen LogP contribution in [0.15, 0.2) is 66.0 Å². The molecule has 4 amide bonds. The van der Waals surface area contributed by atoms with E-state index in [2.05, 4.69) is 56.5 Å². The van der Waals surface area contributed by atoms with Crippen LogP contribution in [-0.2, 0) is 7.05 Å². The van der Waals surface area contributed by atoms with Crippen molar-refractivity contribution in [3.8, 4) is 5.88 Å². The molecular formula is C54H92N8O6. The number of hydrogen-bond donors (Lipinski definition) is 0. The average molecular weight is 949 g/mol. The van der Waals surface area contributed by atoms with Crippen LogP contribution in [0, 0.1) is 0 Å². The second-order valence-electron chi connectivity index (χ2n) is 16.3. The molecule has 0 unspecified atom stereocenters. The molecule has 68 heavy (non-hydrogen) atoms. The maximum absolute atomic E-state index is 11.9. The van der Waals surface area contributed by atoms with Gasteiger partial charge >= 0.3 is 0 Å². The van der Waals surface area contributed by atoms with Crippen LogP contribution in [0.2, 0.25) is 0 Å². The van der Waals surface area contributed by atoms with Crippen molar-refractivity contribution >= 4 is 23.6 Å².